The molecular weight excluding hydrogens is 424 g/mol. The van der Waals surface area contributed by atoms with Gasteiger partial charge in [-0.3, -0.25) is 9.36 Å². The van der Waals surface area contributed by atoms with Gasteiger partial charge in [0, 0.05) is 11.6 Å². The standard InChI is InChI=1S/C24H30N4O3S/c1-16-7-4-5-9-21(16)28-22(18-10-12-19(30-3)13-11-18)26-27-24(28)32-17(2)23(29)25-15-20-8-6-14-31-20/h6,8,10-14,16-17,21H,4-5,7,9,15H2,1-3H3,(H,25,29). The molecule has 0 bridgehead atoms. The van der Waals surface area contributed by atoms with Crippen LogP contribution in [0, 0.1) is 5.92 Å². The first-order valence-corrected chi connectivity index (χ1v) is 12.0. The Kier molecular flexibility index (Phi) is 7.19. The van der Waals surface area contributed by atoms with Crippen LogP contribution >= 0.6 is 11.8 Å². The van der Waals surface area contributed by atoms with Gasteiger partial charge in [-0.25, -0.2) is 0 Å². The van der Waals surface area contributed by atoms with Gasteiger partial charge < -0.3 is 14.5 Å². The highest BCUT2D eigenvalue weighted by Gasteiger charge is 2.30. The quantitative estimate of drug-likeness (QED) is 0.477. The number of thioether (sulfide) groups is 1. The zero-order valence-electron chi connectivity index (χ0n) is 18.8. The van der Waals surface area contributed by atoms with Crippen molar-refractivity contribution in [1.29, 1.82) is 0 Å². The zero-order valence-corrected chi connectivity index (χ0v) is 19.6. The number of methoxy groups -OCH3 is 1. The number of carbonyl (C=O) groups is 1. The first-order valence-electron chi connectivity index (χ1n) is 11.1. The molecule has 1 aromatic carbocycles. The summed E-state index contributed by atoms with van der Waals surface area (Å²) in [6.45, 7) is 4.58. The van der Waals surface area contributed by atoms with E-state index in [1.807, 2.05) is 43.3 Å². The summed E-state index contributed by atoms with van der Waals surface area (Å²) >= 11 is 1.46. The first kappa shape index (κ1) is 22.5. The van der Waals surface area contributed by atoms with Crippen LogP contribution in [-0.4, -0.2) is 33.0 Å². The van der Waals surface area contributed by atoms with E-state index >= 15 is 0 Å². The molecule has 1 fully saturated rings. The topological polar surface area (TPSA) is 82.2 Å². The Balaban J connectivity index is 1.57. The summed E-state index contributed by atoms with van der Waals surface area (Å²) in [5.41, 5.74) is 0.998. The Morgan fingerprint density at radius 1 is 1.25 bits per heavy atom. The second-order valence-corrected chi connectivity index (χ2v) is 9.60. The third kappa shape index (κ3) is 5.01. The van der Waals surface area contributed by atoms with Crippen LogP contribution < -0.4 is 10.1 Å². The van der Waals surface area contributed by atoms with E-state index in [9.17, 15) is 4.79 Å². The van der Waals surface area contributed by atoms with Crippen molar-refractivity contribution in [2.45, 2.75) is 62.5 Å². The first-order chi connectivity index (χ1) is 15.6. The summed E-state index contributed by atoms with van der Waals surface area (Å²) in [5.74, 6) is 2.86. The molecule has 1 saturated carbocycles. The van der Waals surface area contributed by atoms with E-state index in [1.165, 1.54) is 31.0 Å². The highest BCUT2D eigenvalue weighted by atomic mass is 32.2. The number of rotatable bonds is 8. The molecule has 3 unspecified atom stereocenters. The number of furan rings is 1. The number of ether oxygens (including phenoxy) is 1. The van der Waals surface area contributed by atoms with Crippen LogP contribution in [0.5, 0.6) is 5.75 Å². The summed E-state index contributed by atoms with van der Waals surface area (Å²) in [5, 5.41) is 12.5. The molecule has 3 atom stereocenters. The lowest BCUT2D eigenvalue weighted by atomic mass is 9.85. The van der Waals surface area contributed by atoms with Crippen molar-refractivity contribution in [3.05, 3.63) is 48.4 Å². The average Bonchev–Trinajstić information content (AvgIpc) is 3.48. The SMILES string of the molecule is COc1ccc(-c2nnc(SC(C)C(=O)NCc3ccco3)n2C2CCCCC2C)cc1. The molecule has 0 aliphatic heterocycles. The molecular formula is C24H30N4O3S. The molecule has 0 saturated heterocycles. The molecule has 3 aromatic rings. The number of aromatic nitrogens is 3. The number of nitrogens with one attached hydrogen (secondary N) is 1. The van der Waals surface area contributed by atoms with E-state index in [4.69, 9.17) is 9.15 Å². The summed E-state index contributed by atoms with van der Waals surface area (Å²) in [6.07, 6.45) is 6.33. The van der Waals surface area contributed by atoms with Crippen LogP contribution in [0.25, 0.3) is 11.4 Å². The predicted octanol–water partition coefficient (Wildman–Crippen LogP) is 5.09. The largest absolute Gasteiger partial charge is 0.497 e. The monoisotopic (exact) mass is 454 g/mol. The fourth-order valence-corrected chi connectivity index (χ4v) is 5.15. The lowest BCUT2D eigenvalue weighted by molar-refractivity contribution is -0.120. The van der Waals surface area contributed by atoms with E-state index in [-0.39, 0.29) is 11.2 Å². The maximum absolute atomic E-state index is 12.7. The van der Waals surface area contributed by atoms with Gasteiger partial charge in [-0.15, -0.1) is 10.2 Å². The fourth-order valence-electron chi connectivity index (χ4n) is 4.22. The van der Waals surface area contributed by atoms with Gasteiger partial charge >= 0.3 is 0 Å². The summed E-state index contributed by atoms with van der Waals surface area (Å²) in [6, 6.07) is 11.9. The zero-order chi connectivity index (χ0) is 22.5. The van der Waals surface area contributed by atoms with Gasteiger partial charge in [0.1, 0.15) is 11.5 Å². The summed E-state index contributed by atoms with van der Waals surface area (Å²) < 4.78 is 12.9. The molecule has 1 amide bonds. The molecule has 32 heavy (non-hydrogen) atoms. The molecule has 0 spiro atoms. The molecule has 2 heterocycles. The van der Waals surface area contributed by atoms with E-state index in [0.29, 0.717) is 18.5 Å². The fraction of sp³-hybridized carbons (Fsp3) is 0.458. The van der Waals surface area contributed by atoms with E-state index in [2.05, 4.69) is 27.0 Å². The van der Waals surface area contributed by atoms with Crippen LogP contribution in [0.3, 0.4) is 0 Å². The van der Waals surface area contributed by atoms with Crippen molar-refractivity contribution >= 4 is 17.7 Å². The van der Waals surface area contributed by atoms with Crippen LogP contribution in [0.15, 0.2) is 52.2 Å². The lowest BCUT2D eigenvalue weighted by Crippen LogP contribution is -2.31. The third-order valence-corrected chi connectivity index (χ3v) is 7.14. The summed E-state index contributed by atoms with van der Waals surface area (Å²) in [4.78, 5) is 12.7. The smallest absolute Gasteiger partial charge is 0.233 e. The van der Waals surface area contributed by atoms with Crippen molar-refractivity contribution < 1.29 is 13.9 Å². The van der Waals surface area contributed by atoms with Crippen molar-refractivity contribution in [1.82, 2.24) is 20.1 Å². The van der Waals surface area contributed by atoms with Crippen molar-refractivity contribution in [2.24, 2.45) is 5.92 Å². The van der Waals surface area contributed by atoms with Gasteiger partial charge in [-0.05, 0) is 62.1 Å². The lowest BCUT2D eigenvalue weighted by Gasteiger charge is -2.31. The molecule has 7 nitrogen and oxygen atoms in total. The van der Waals surface area contributed by atoms with Crippen LogP contribution in [0.1, 0.15) is 51.3 Å². The summed E-state index contributed by atoms with van der Waals surface area (Å²) in [7, 11) is 1.66. The number of nitrogens with zero attached hydrogens (tertiary/aromatic N) is 3. The molecule has 8 heteroatoms. The molecule has 170 valence electrons. The molecule has 1 aliphatic rings. The molecule has 1 N–H and O–H groups in total. The number of hydrogen-bond donors (Lipinski definition) is 1. The Morgan fingerprint density at radius 3 is 2.72 bits per heavy atom. The number of hydrogen-bond acceptors (Lipinski definition) is 6. The predicted molar refractivity (Wildman–Crippen MR) is 125 cm³/mol. The van der Waals surface area contributed by atoms with E-state index in [0.717, 1.165) is 34.5 Å². The maximum Gasteiger partial charge on any atom is 0.233 e. The number of benzene rings is 1. The van der Waals surface area contributed by atoms with Gasteiger partial charge in [-0.2, -0.15) is 0 Å². The normalized spacial score (nSPS) is 19.5. The molecule has 4 rings (SSSR count). The highest BCUT2D eigenvalue weighted by molar-refractivity contribution is 8.00. The molecule has 2 aromatic heterocycles. The molecule has 1 aliphatic carbocycles. The van der Waals surface area contributed by atoms with Gasteiger partial charge in [0.25, 0.3) is 0 Å². The van der Waals surface area contributed by atoms with Gasteiger partial charge in [0.05, 0.1) is 25.2 Å². The Bertz CT molecular complexity index is 1020. The molecule has 0 radical (unpaired) electrons. The van der Waals surface area contributed by atoms with Crippen molar-refractivity contribution in [3.8, 4) is 17.1 Å². The van der Waals surface area contributed by atoms with Crippen LogP contribution in [0.4, 0.5) is 0 Å². The van der Waals surface area contributed by atoms with Crippen LogP contribution in [-0.2, 0) is 11.3 Å². The van der Waals surface area contributed by atoms with Crippen molar-refractivity contribution in [3.63, 3.8) is 0 Å². The number of carbonyl (C=O) groups excluding carboxylic acids is 1. The second kappa shape index (κ2) is 10.3. The van der Waals surface area contributed by atoms with Gasteiger partial charge in [-0.1, -0.05) is 31.5 Å². The minimum absolute atomic E-state index is 0.0522. The highest BCUT2D eigenvalue weighted by Crippen LogP contribution is 2.39. The van der Waals surface area contributed by atoms with Gasteiger partial charge in [0.2, 0.25) is 5.91 Å². The second-order valence-electron chi connectivity index (χ2n) is 8.29. The average molecular weight is 455 g/mol. The third-order valence-electron chi connectivity index (χ3n) is 6.08. The van der Waals surface area contributed by atoms with Crippen LogP contribution in [0.2, 0.25) is 0 Å². The maximum atomic E-state index is 12.7. The Hall–Kier alpha value is -2.74. The number of amides is 1. The van der Waals surface area contributed by atoms with E-state index in [1.54, 1.807) is 13.4 Å². The van der Waals surface area contributed by atoms with Gasteiger partial charge in [0.15, 0.2) is 11.0 Å². The minimum atomic E-state index is -0.310. The minimum Gasteiger partial charge on any atom is -0.497 e. The van der Waals surface area contributed by atoms with Crippen molar-refractivity contribution in [2.75, 3.05) is 7.11 Å². The Morgan fingerprint density at radius 2 is 2.03 bits per heavy atom. The Labute approximate surface area is 192 Å². The van der Waals surface area contributed by atoms with E-state index < -0.39 is 0 Å².